The van der Waals surface area contributed by atoms with E-state index in [2.05, 4.69) is 0 Å². The summed E-state index contributed by atoms with van der Waals surface area (Å²) in [5.74, 6) is 0.0875. The van der Waals surface area contributed by atoms with Gasteiger partial charge in [-0.2, -0.15) is 0 Å². The third kappa shape index (κ3) is 2.96. The van der Waals surface area contributed by atoms with Gasteiger partial charge in [-0.05, 0) is 31.9 Å². The van der Waals surface area contributed by atoms with Gasteiger partial charge in [0.05, 0.1) is 12.7 Å². The zero-order chi connectivity index (χ0) is 14.0. The van der Waals surface area contributed by atoms with Crippen LogP contribution in [0, 0.1) is 13.8 Å². The van der Waals surface area contributed by atoms with Crippen molar-refractivity contribution in [1.82, 2.24) is 4.90 Å². The van der Waals surface area contributed by atoms with Crippen molar-refractivity contribution in [1.29, 1.82) is 0 Å². The van der Waals surface area contributed by atoms with E-state index < -0.39 is 0 Å². The number of carbonyl (C=O) groups is 1. The van der Waals surface area contributed by atoms with Gasteiger partial charge in [0.2, 0.25) is 0 Å². The van der Waals surface area contributed by atoms with Crippen LogP contribution in [0.15, 0.2) is 18.2 Å². The first kappa shape index (κ1) is 14.0. The summed E-state index contributed by atoms with van der Waals surface area (Å²) in [6.45, 7) is 7.63. The molecule has 2 N–H and O–H groups in total. The molecule has 1 heterocycles. The van der Waals surface area contributed by atoms with Crippen LogP contribution in [0.2, 0.25) is 0 Å². The minimum Gasteiger partial charge on any atom is -0.373 e. The first-order valence-electron chi connectivity index (χ1n) is 6.73. The smallest absolute Gasteiger partial charge is 0.254 e. The first-order chi connectivity index (χ1) is 9.00. The number of hydrogen-bond donors (Lipinski definition) is 1. The number of hydrogen-bond acceptors (Lipinski definition) is 3. The van der Waals surface area contributed by atoms with Gasteiger partial charge >= 0.3 is 0 Å². The molecule has 4 heteroatoms. The fourth-order valence-corrected chi connectivity index (χ4v) is 2.49. The van der Waals surface area contributed by atoms with Crippen molar-refractivity contribution in [2.75, 3.05) is 19.7 Å². The molecule has 0 bridgehead atoms. The van der Waals surface area contributed by atoms with Gasteiger partial charge in [0.15, 0.2) is 0 Å². The van der Waals surface area contributed by atoms with Crippen molar-refractivity contribution in [3.63, 3.8) is 0 Å². The summed E-state index contributed by atoms with van der Waals surface area (Å²) in [4.78, 5) is 14.5. The number of rotatable bonds is 2. The van der Waals surface area contributed by atoms with E-state index in [1.165, 1.54) is 0 Å². The average molecular weight is 262 g/mol. The Kier molecular flexibility index (Phi) is 4.22. The van der Waals surface area contributed by atoms with Gasteiger partial charge in [-0.1, -0.05) is 18.2 Å². The quantitative estimate of drug-likeness (QED) is 0.878. The minimum atomic E-state index is -0.0676. The second-order valence-electron chi connectivity index (χ2n) is 5.29. The second kappa shape index (κ2) is 5.72. The summed E-state index contributed by atoms with van der Waals surface area (Å²) in [5, 5.41) is 0. The maximum absolute atomic E-state index is 12.6. The molecule has 104 valence electrons. The Hall–Kier alpha value is -1.39. The largest absolute Gasteiger partial charge is 0.373 e. The van der Waals surface area contributed by atoms with E-state index in [-0.39, 0.29) is 18.1 Å². The number of morpholine rings is 1. The van der Waals surface area contributed by atoms with Crippen LogP contribution in [0.4, 0.5) is 0 Å². The molecule has 1 aliphatic rings. The number of ether oxygens (including phenoxy) is 1. The van der Waals surface area contributed by atoms with Crippen LogP contribution in [0.3, 0.4) is 0 Å². The molecule has 19 heavy (non-hydrogen) atoms. The average Bonchev–Trinajstić information content (AvgIpc) is 2.38. The Morgan fingerprint density at radius 2 is 2.05 bits per heavy atom. The van der Waals surface area contributed by atoms with Crippen molar-refractivity contribution < 1.29 is 9.53 Å². The molecule has 0 aliphatic carbocycles. The predicted molar refractivity (Wildman–Crippen MR) is 75.2 cm³/mol. The van der Waals surface area contributed by atoms with Gasteiger partial charge in [-0.3, -0.25) is 4.79 Å². The van der Waals surface area contributed by atoms with Crippen molar-refractivity contribution in [3.05, 3.63) is 34.9 Å². The highest BCUT2D eigenvalue weighted by molar-refractivity contribution is 5.97. The number of carbonyl (C=O) groups excluding carboxylic acids is 1. The lowest BCUT2D eigenvalue weighted by molar-refractivity contribution is -0.0300. The van der Waals surface area contributed by atoms with Gasteiger partial charge in [-0.15, -0.1) is 0 Å². The van der Waals surface area contributed by atoms with Gasteiger partial charge < -0.3 is 15.4 Å². The molecule has 1 amide bonds. The van der Waals surface area contributed by atoms with Crippen LogP contribution in [-0.4, -0.2) is 42.6 Å². The van der Waals surface area contributed by atoms with E-state index in [0.29, 0.717) is 19.7 Å². The number of nitrogens with zero attached hydrogens (tertiary/aromatic N) is 1. The molecule has 0 radical (unpaired) electrons. The highest BCUT2D eigenvalue weighted by Crippen LogP contribution is 2.18. The lowest BCUT2D eigenvalue weighted by Crippen LogP contribution is -2.51. The highest BCUT2D eigenvalue weighted by Gasteiger charge is 2.28. The number of aryl methyl sites for hydroxylation is 2. The molecular formula is C15H22N2O2. The maximum atomic E-state index is 12.6. The van der Waals surface area contributed by atoms with Crippen LogP contribution in [-0.2, 0) is 4.74 Å². The van der Waals surface area contributed by atoms with Gasteiger partial charge in [0.1, 0.15) is 0 Å². The summed E-state index contributed by atoms with van der Waals surface area (Å²) < 4.78 is 5.60. The third-order valence-corrected chi connectivity index (χ3v) is 3.66. The van der Waals surface area contributed by atoms with E-state index in [1.807, 2.05) is 43.9 Å². The molecule has 1 fully saturated rings. The van der Waals surface area contributed by atoms with Crippen LogP contribution in [0.25, 0.3) is 0 Å². The Morgan fingerprint density at radius 3 is 2.63 bits per heavy atom. The van der Waals surface area contributed by atoms with Gasteiger partial charge in [0, 0.05) is 24.7 Å². The molecule has 1 aromatic rings. The number of nitrogens with two attached hydrogens (primary N) is 1. The van der Waals surface area contributed by atoms with Crippen molar-refractivity contribution >= 4 is 5.91 Å². The van der Waals surface area contributed by atoms with E-state index in [9.17, 15) is 4.79 Å². The van der Waals surface area contributed by atoms with E-state index in [0.717, 1.165) is 16.7 Å². The zero-order valence-corrected chi connectivity index (χ0v) is 11.8. The van der Waals surface area contributed by atoms with Crippen LogP contribution >= 0.6 is 0 Å². The lowest BCUT2D eigenvalue weighted by Gasteiger charge is -2.35. The molecule has 2 unspecified atom stereocenters. The molecule has 4 nitrogen and oxygen atoms in total. The van der Waals surface area contributed by atoms with Crippen molar-refractivity contribution in [2.45, 2.75) is 32.9 Å². The normalized spacial score (nSPS) is 21.3. The SMILES string of the molecule is Cc1cccc(C)c1C(=O)N1CCOC(C(C)N)C1. The Labute approximate surface area is 114 Å². The summed E-state index contributed by atoms with van der Waals surface area (Å²) >= 11 is 0. The summed E-state index contributed by atoms with van der Waals surface area (Å²) in [6.07, 6.45) is -0.0676. The Bertz CT molecular complexity index is 451. The predicted octanol–water partition coefficient (Wildman–Crippen LogP) is 1.49. The molecule has 1 aromatic carbocycles. The van der Waals surface area contributed by atoms with E-state index >= 15 is 0 Å². The molecule has 1 saturated heterocycles. The van der Waals surface area contributed by atoms with E-state index in [1.54, 1.807) is 0 Å². The first-order valence-corrected chi connectivity index (χ1v) is 6.73. The third-order valence-electron chi connectivity index (χ3n) is 3.66. The highest BCUT2D eigenvalue weighted by atomic mass is 16.5. The molecule has 2 atom stereocenters. The summed E-state index contributed by atoms with van der Waals surface area (Å²) in [5.41, 5.74) is 8.72. The maximum Gasteiger partial charge on any atom is 0.254 e. The zero-order valence-electron chi connectivity index (χ0n) is 11.8. The molecule has 2 rings (SSSR count). The number of amides is 1. The van der Waals surface area contributed by atoms with Gasteiger partial charge in [0.25, 0.3) is 5.91 Å². The molecule has 1 aliphatic heterocycles. The fourth-order valence-electron chi connectivity index (χ4n) is 2.49. The lowest BCUT2D eigenvalue weighted by atomic mass is 10.0. The summed E-state index contributed by atoms with van der Waals surface area (Å²) in [6, 6.07) is 5.87. The topological polar surface area (TPSA) is 55.6 Å². The monoisotopic (exact) mass is 262 g/mol. The van der Waals surface area contributed by atoms with Crippen LogP contribution in [0.1, 0.15) is 28.4 Å². The van der Waals surface area contributed by atoms with Gasteiger partial charge in [-0.25, -0.2) is 0 Å². The molecule has 0 aromatic heterocycles. The van der Waals surface area contributed by atoms with Crippen LogP contribution < -0.4 is 5.73 Å². The Balaban J connectivity index is 2.20. The molecule has 0 saturated carbocycles. The molecule has 0 spiro atoms. The Morgan fingerprint density at radius 1 is 1.42 bits per heavy atom. The minimum absolute atomic E-state index is 0.0615. The van der Waals surface area contributed by atoms with Crippen molar-refractivity contribution in [2.24, 2.45) is 5.73 Å². The second-order valence-corrected chi connectivity index (χ2v) is 5.29. The fraction of sp³-hybridized carbons (Fsp3) is 0.533. The number of benzene rings is 1. The van der Waals surface area contributed by atoms with E-state index in [4.69, 9.17) is 10.5 Å². The summed E-state index contributed by atoms with van der Waals surface area (Å²) in [7, 11) is 0. The van der Waals surface area contributed by atoms with Crippen molar-refractivity contribution in [3.8, 4) is 0 Å². The molecular weight excluding hydrogens is 240 g/mol. The van der Waals surface area contributed by atoms with Crippen LogP contribution in [0.5, 0.6) is 0 Å². The standard InChI is InChI=1S/C15H22N2O2/c1-10-5-4-6-11(2)14(10)15(18)17-7-8-19-13(9-17)12(3)16/h4-6,12-13H,7-9,16H2,1-3H3.